The van der Waals surface area contributed by atoms with E-state index in [0.717, 1.165) is 55.6 Å². The maximum absolute atomic E-state index is 9.48. The monoisotopic (exact) mass is 475 g/mol. The molecule has 0 fully saturated rings. The lowest BCUT2D eigenvalue weighted by Crippen LogP contribution is -2.04. The fraction of sp³-hybridized carbons (Fsp3) is 0.0312. The van der Waals surface area contributed by atoms with Gasteiger partial charge in [-0.3, -0.25) is 9.13 Å². The van der Waals surface area contributed by atoms with Gasteiger partial charge in [0.15, 0.2) is 0 Å². The van der Waals surface area contributed by atoms with E-state index < -0.39 is 0 Å². The molecule has 0 aliphatic rings. The van der Waals surface area contributed by atoms with Crippen molar-refractivity contribution in [3.8, 4) is 23.8 Å². The lowest BCUT2D eigenvalue weighted by atomic mass is 10.1. The normalized spacial score (nSPS) is 11.3. The van der Waals surface area contributed by atoms with Gasteiger partial charge in [0.25, 0.3) is 0 Å². The van der Waals surface area contributed by atoms with Crippen molar-refractivity contribution in [1.82, 2.24) is 14.1 Å². The number of hydrogen-bond donors (Lipinski definition) is 0. The molecule has 0 N–H and O–H groups in total. The molecule has 3 heterocycles. The number of hydrogen-bond acceptors (Lipinski definition) is 3. The summed E-state index contributed by atoms with van der Waals surface area (Å²) in [4.78, 5) is 5.13. The van der Waals surface area contributed by atoms with Gasteiger partial charge in [-0.05, 0) is 61.5 Å². The predicted molar refractivity (Wildman–Crippen MR) is 149 cm³/mol. The SMILES string of the molecule is C=C/C=C\c1c(C)n(-c2cccc(-n3c4ccccc4c4cc(C#N)ccc43)n2)c2ccc(C#N)cc12. The molecule has 0 saturated heterocycles. The van der Waals surface area contributed by atoms with E-state index in [4.69, 9.17) is 4.98 Å². The third-order valence-corrected chi connectivity index (χ3v) is 6.76. The minimum atomic E-state index is 0.613. The number of benzene rings is 3. The minimum Gasteiger partial charge on any atom is -0.298 e. The van der Waals surface area contributed by atoms with Crippen LogP contribution in [0.5, 0.6) is 0 Å². The molecule has 5 heteroatoms. The molecule has 174 valence electrons. The van der Waals surface area contributed by atoms with E-state index in [2.05, 4.69) is 46.9 Å². The highest BCUT2D eigenvalue weighted by molar-refractivity contribution is 6.09. The van der Waals surface area contributed by atoms with Crippen molar-refractivity contribution in [1.29, 1.82) is 10.5 Å². The molecule has 6 rings (SSSR count). The number of para-hydroxylation sites is 1. The van der Waals surface area contributed by atoms with Gasteiger partial charge in [0.1, 0.15) is 11.6 Å². The molecule has 0 unspecified atom stereocenters. The van der Waals surface area contributed by atoms with Crippen molar-refractivity contribution in [2.24, 2.45) is 0 Å². The summed E-state index contributed by atoms with van der Waals surface area (Å²) in [6.07, 6.45) is 5.67. The first kappa shape index (κ1) is 22.1. The average Bonchev–Trinajstić information content (AvgIpc) is 3.42. The van der Waals surface area contributed by atoms with E-state index in [1.165, 1.54) is 0 Å². The molecule has 3 aromatic heterocycles. The highest BCUT2D eigenvalue weighted by Crippen LogP contribution is 2.34. The fourth-order valence-corrected chi connectivity index (χ4v) is 5.13. The first-order valence-electron chi connectivity index (χ1n) is 11.9. The first-order chi connectivity index (χ1) is 18.1. The van der Waals surface area contributed by atoms with Gasteiger partial charge in [0, 0.05) is 27.4 Å². The third kappa shape index (κ3) is 3.42. The van der Waals surface area contributed by atoms with Crippen LogP contribution in [0.3, 0.4) is 0 Å². The molecule has 6 aromatic rings. The van der Waals surface area contributed by atoms with Crippen LogP contribution in [0.2, 0.25) is 0 Å². The Kier molecular flexibility index (Phi) is 5.18. The van der Waals surface area contributed by atoms with Crippen molar-refractivity contribution >= 4 is 38.8 Å². The highest BCUT2D eigenvalue weighted by Gasteiger charge is 2.17. The third-order valence-electron chi connectivity index (χ3n) is 6.76. The van der Waals surface area contributed by atoms with E-state index in [9.17, 15) is 10.5 Å². The number of rotatable bonds is 4. The molecule has 0 atom stereocenters. The second-order valence-electron chi connectivity index (χ2n) is 8.82. The maximum Gasteiger partial charge on any atom is 0.140 e. The van der Waals surface area contributed by atoms with Crippen LogP contribution >= 0.6 is 0 Å². The zero-order valence-electron chi connectivity index (χ0n) is 20.2. The van der Waals surface area contributed by atoms with E-state index in [-0.39, 0.29) is 0 Å². The number of fused-ring (bicyclic) bond motifs is 4. The summed E-state index contributed by atoms with van der Waals surface area (Å²) in [6, 6.07) is 30.2. The molecule has 5 nitrogen and oxygen atoms in total. The largest absolute Gasteiger partial charge is 0.298 e. The van der Waals surface area contributed by atoms with Gasteiger partial charge in [0.05, 0.1) is 39.8 Å². The predicted octanol–water partition coefficient (Wildman–Crippen LogP) is 7.37. The smallest absolute Gasteiger partial charge is 0.140 e. The molecule has 0 spiro atoms. The maximum atomic E-state index is 9.48. The second kappa shape index (κ2) is 8.68. The van der Waals surface area contributed by atoms with Crippen LogP contribution in [-0.2, 0) is 0 Å². The van der Waals surface area contributed by atoms with E-state index >= 15 is 0 Å². The molecular formula is C32H21N5. The van der Waals surface area contributed by atoms with Crippen LogP contribution in [-0.4, -0.2) is 14.1 Å². The molecule has 0 aliphatic heterocycles. The molecule has 0 saturated carbocycles. The quantitative estimate of drug-likeness (QED) is 0.250. The Hall–Kier alpha value is -5.39. The molecule has 0 amide bonds. The van der Waals surface area contributed by atoms with Gasteiger partial charge in [-0.25, -0.2) is 4.98 Å². The summed E-state index contributed by atoms with van der Waals surface area (Å²) in [5, 5.41) is 22.0. The first-order valence-corrected chi connectivity index (χ1v) is 11.9. The van der Waals surface area contributed by atoms with E-state index in [1.54, 1.807) is 6.08 Å². The molecule has 0 radical (unpaired) electrons. The Balaban J connectivity index is 1.63. The van der Waals surface area contributed by atoms with Crippen molar-refractivity contribution in [2.45, 2.75) is 6.92 Å². The minimum absolute atomic E-state index is 0.613. The van der Waals surface area contributed by atoms with E-state index in [1.807, 2.05) is 78.9 Å². The molecule has 0 aliphatic carbocycles. The number of nitriles is 2. The molecule has 3 aromatic carbocycles. The van der Waals surface area contributed by atoms with Crippen LogP contribution in [0.1, 0.15) is 22.4 Å². The van der Waals surface area contributed by atoms with Crippen LogP contribution in [0.4, 0.5) is 0 Å². The Morgan fingerprint density at radius 2 is 1.35 bits per heavy atom. The Morgan fingerprint density at radius 3 is 2.05 bits per heavy atom. The summed E-state index contributed by atoms with van der Waals surface area (Å²) in [5.74, 6) is 1.56. The van der Waals surface area contributed by atoms with Crippen molar-refractivity contribution in [3.05, 3.63) is 120 Å². The molecular weight excluding hydrogens is 454 g/mol. The van der Waals surface area contributed by atoms with Crippen molar-refractivity contribution in [3.63, 3.8) is 0 Å². The van der Waals surface area contributed by atoms with Gasteiger partial charge in [-0.1, -0.05) is 49.1 Å². The summed E-state index contributed by atoms with van der Waals surface area (Å²) in [6.45, 7) is 5.87. The Labute approximate surface area is 214 Å². The van der Waals surface area contributed by atoms with Crippen molar-refractivity contribution < 1.29 is 0 Å². The lowest BCUT2D eigenvalue weighted by Gasteiger charge is -2.12. The number of allylic oxidation sites excluding steroid dienone is 2. The molecule has 37 heavy (non-hydrogen) atoms. The second-order valence-corrected chi connectivity index (χ2v) is 8.82. The lowest BCUT2D eigenvalue weighted by molar-refractivity contribution is 0.962. The zero-order chi connectivity index (χ0) is 25.5. The highest BCUT2D eigenvalue weighted by atomic mass is 15.1. The topological polar surface area (TPSA) is 70.3 Å². The Bertz CT molecular complexity index is 1990. The molecule has 0 bridgehead atoms. The number of nitrogens with zero attached hydrogens (tertiary/aromatic N) is 5. The van der Waals surface area contributed by atoms with Gasteiger partial charge in [-0.15, -0.1) is 0 Å². The summed E-state index contributed by atoms with van der Waals surface area (Å²) in [7, 11) is 0. The van der Waals surface area contributed by atoms with E-state index in [0.29, 0.717) is 11.1 Å². The summed E-state index contributed by atoms with van der Waals surface area (Å²) >= 11 is 0. The fourth-order valence-electron chi connectivity index (χ4n) is 5.13. The van der Waals surface area contributed by atoms with Gasteiger partial charge < -0.3 is 0 Å². The number of pyridine rings is 1. The van der Waals surface area contributed by atoms with Gasteiger partial charge in [0.2, 0.25) is 0 Å². The van der Waals surface area contributed by atoms with Crippen LogP contribution in [0, 0.1) is 29.6 Å². The number of aromatic nitrogens is 3. The summed E-state index contributed by atoms with van der Waals surface area (Å²) < 4.78 is 4.27. The zero-order valence-corrected chi connectivity index (χ0v) is 20.2. The van der Waals surface area contributed by atoms with Gasteiger partial charge in [-0.2, -0.15) is 10.5 Å². The standard InChI is InChI=1S/C32H21N5/c1-3-4-8-24-21(2)36(29-15-13-22(19-33)17-26(24)29)31-11-7-12-32(35-31)37-28-10-6-5-9-25(28)27-18-23(20-34)14-16-30(27)37/h3-18H,1H2,2H3/b8-4-. The Morgan fingerprint density at radius 1 is 0.730 bits per heavy atom. The van der Waals surface area contributed by atoms with Crippen LogP contribution < -0.4 is 0 Å². The van der Waals surface area contributed by atoms with Crippen LogP contribution in [0.15, 0.2) is 97.6 Å². The van der Waals surface area contributed by atoms with Gasteiger partial charge >= 0.3 is 0 Å². The van der Waals surface area contributed by atoms with Crippen LogP contribution in [0.25, 0.3) is 50.4 Å². The summed E-state index contributed by atoms with van der Waals surface area (Å²) in [5.41, 5.74) is 6.29. The average molecular weight is 476 g/mol. The van der Waals surface area contributed by atoms with Crippen molar-refractivity contribution in [2.75, 3.05) is 0 Å².